The summed E-state index contributed by atoms with van der Waals surface area (Å²) in [6.45, 7) is 0. The summed E-state index contributed by atoms with van der Waals surface area (Å²) in [5.41, 5.74) is 4.42. The van der Waals surface area contributed by atoms with Gasteiger partial charge in [0, 0.05) is 36.5 Å². The largest absolute Gasteiger partial charge is 0.291 e. The van der Waals surface area contributed by atoms with Gasteiger partial charge in [0.2, 0.25) is 0 Å². The Morgan fingerprint density at radius 2 is 1.02 bits per heavy atom. The third-order valence-electron chi connectivity index (χ3n) is 10.1. The van der Waals surface area contributed by atoms with Gasteiger partial charge in [-0.3, -0.25) is 4.40 Å². The maximum absolute atomic E-state index is 5.48. The molecule has 3 aromatic heterocycles. The molecule has 2 nitrogen and oxygen atoms in total. The monoisotopic (exact) mass is 626 g/mol. The molecule has 0 saturated heterocycles. The fourth-order valence-corrected chi connectivity index (χ4v) is 9.27. The molecule has 11 aromatic rings. The van der Waals surface area contributed by atoms with Crippen molar-refractivity contribution in [2.24, 2.45) is 0 Å². The van der Waals surface area contributed by atoms with Crippen LogP contribution in [0, 0.1) is 0 Å². The van der Waals surface area contributed by atoms with Gasteiger partial charge in [0.1, 0.15) is 5.82 Å². The van der Waals surface area contributed by atoms with Crippen LogP contribution in [0.3, 0.4) is 0 Å². The lowest BCUT2D eigenvalue weighted by atomic mass is 10.00. The number of nitrogens with zero attached hydrogens (tertiary/aromatic N) is 2. The zero-order valence-corrected chi connectivity index (χ0v) is 26.6. The topological polar surface area (TPSA) is 17.3 Å². The Balaban J connectivity index is 1.35. The Bertz CT molecular complexity index is 3180. The van der Waals surface area contributed by atoms with Crippen LogP contribution in [0.1, 0.15) is 0 Å². The smallest absolute Gasteiger partial charge is 0.147 e. The van der Waals surface area contributed by atoms with Crippen molar-refractivity contribution in [3.63, 3.8) is 0 Å². The van der Waals surface area contributed by atoms with Crippen LogP contribution in [0.2, 0.25) is 0 Å². The number of hydrogen-bond donors (Lipinski definition) is 0. The number of rotatable bonds is 1. The van der Waals surface area contributed by atoms with Crippen molar-refractivity contribution >= 4 is 102 Å². The molecule has 3 heteroatoms. The summed E-state index contributed by atoms with van der Waals surface area (Å²) in [7, 11) is 0. The van der Waals surface area contributed by atoms with E-state index in [0.29, 0.717) is 0 Å². The highest BCUT2D eigenvalue weighted by molar-refractivity contribution is 7.26. The van der Waals surface area contributed by atoms with Gasteiger partial charge < -0.3 is 0 Å². The molecule has 48 heavy (non-hydrogen) atoms. The molecule has 0 aliphatic heterocycles. The fourth-order valence-electron chi connectivity index (χ4n) is 8.04. The molecule has 0 atom stereocenters. The minimum atomic E-state index is 0.967. The standard InChI is InChI=1S/C45H26N2S/c1-2-12-29-27(11-1)23-24-28-25-39-36-19-9-20-37(44(36)48-42(39)26-38(28)29)45-46-40-21-10-18-35-33-16-6-4-14-31(33)30-13-3-5-15-32(30)34-17-7-8-22-41(34)47(45)43(35)40/h1-26H. The van der Waals surface area contributed by atoms with E-state index < -0.39 is 0 Å². The van der Waals surface area contributed by atoms with Gasteiger partial charge in [-0.15, -0.1) is 11.3 Å². The van der Waals surface area contributed by atoms with E-state index in [1.54, 1.807) is 0 Å². The van der Waals surface area contributed by atoms with Crippen LogP contribution in [0.4, 0.5) is 0 Å². The van der Waals surface area contributed by atoms with Crippen LogP contribution in [0.25, 0.3) is 102 Å². The van der Waals surface area contributed by atoms with E-state index in [9.17, 15) is 0 Å². The van der Waals surface area contributed by atoms with Gasteiger partial charge in [-0.25, -0.2) is 4.98 Å². The van der Waals surface area contributed by atoms with Crippen molar-refractivity contribution < 1.29 is 0 Å². The van der Waals surface area contributed by atoms with E-state index in [1.807, 2.05) is 11.3 Å². The number of imidazole rings is 1. The Kier molecular flexibility index (Phi) is 5.29. The maximum Gasteiger partial charge on any atom is 0.147 e. The van der Waals surface area contributed by atoms with E-state index >= 15 is 0 Å². The van der Waals surface area contributed by atoms with Crippen molar-refractivity contribution in [3.8, 4) is 11.4 Å². The van der Waals surface area contributed by atoms with Crippen LogP contribution < -0.4 is 0 Å². The number of hydrogen-bond acceptors (Lipinski definition) is 2. The van der Waals surface area contributed by atoms with E-state index in [-0.39, 0.29) is 0 Å². The number of thiophene rings is 1. The summed E-state index contributed by atoms with van der Waals surface area (Å²) in [5, 5.41) is 15.0. The van der Waals surface area contributed by atoms with Gasteiger partial charge in [-0.05, 0) is 73.4 Å². The number of para-hydroxylation sites is 2. The third kappa shape index (κ3) is 3.54. The van der Waals surface area contributed by atoms with Crippen LogP contribution in [0.5, 0.6) is 0 Å². The molecule has 0 amide bonds. The second kappa shape index (κ2) is 9.74. The second-order valence-electron chi connectivity index (χ2n) is 12.7. The quantitative estimate of drug-likeness (QED) is 0.166. The summed E-state index contributed by atoms with van der Waals surface area (Å²) in [4.78, 5) is 5.48. The fraction of sp³-hybridized carbons (Fsp3) is 0. The minimum absolute atomic E-state index is 0.967. The van der Waals surface area contributed by atoms with Crippen molar-refractivity contribution in [1.82, 2.24) is 9.38 Å². The minimum Gasteiger partial charge on any atom is -0.291 e. The first-order chi connectivity index (χ1) is 23.8. The van der Waals surface area contributed by atoms with Crippen LogP contribution in [-0.2, 0) is 0 Å². The lowest BCUT2D eigenvalue weighted by molar-refractivity contribution is 1.23. The number of fused-ring (bicyclic) bond motifs is 13. The summed E-state index contributed by atoms with van der Waals surface area (Å²) >= 11 is 1.88. The average molecular weight is 627 g/mol. The molecular formula is C45H26N2S. The van der Waals surface area contributed by atoms with Crippen molar-refractivity contribution in [2.75, 3.05) is 0 Å². The molecule has 11 rings (SSSR count). The normalized spacial score (nSPS) is 12.2. The van der Waals surface area contributed by atoms with Gasteiger partial charge in [0.15, 0.2) is 0 Å². The third-order valence-corrected chi connectivity index (χ3v) is 11.4. The Morgan fingerprint density at radius 1 is 0.417 bits per heavy atom. The SMILES string of the molecule is c1ccc2c(c1)ccc1cc3c(cc12)sc1c(-c2nc4cccc5c6ccccc6c6ccccc6c6ccccc6n2c45)cccc13. The molecule has 0 aliphatic carbocycles. The van der Waals surface area contributed by atoms with Gasteiger partial charge >= 0.3 is 0 Å². The van der Waals surface area contributed by atoms with Gasteiger partial charge in [0.25, 0.3) is 0 Å². The molecule has 0 N–H and O–H groups in total. The number of benzene rings is 8. The predicted molar refractivity (Wildman–Crippen MR) is 207 cm³/mol. The van der Waals surface area contributed by atoms with Crippen molar-refractivity contribution in [3.05, 3.63) is 158 Å². The highest BCUT2D eigenvalue weighted by Crippen LogP contribution is 2.44. The van der Waals surface area contributed by atoms with Crippen LogP contribution in [-0.4, -0.2) is 9.38 Å². The Labute approximate surface area is 279 Å². The van der Waals surface area contributed by atoms with Crippen molar-refractivity contribution in [2.45, 2.75) is 0 Å². The Hall–Kier alpha value is -6.03. The zero-order chi connectivity index (χ0) is 31.3. The summed E-state index contributed by atoms with van der Waals surface area (Å²) < 4.78 is 4.99. The molecule has 222 valence electrons. The van der Waals surface area contributed by atoms with E-state index in [0.717, 1.165) is 27.9 Å². The predicted octanol–water partition coefficient (Wildman–Crippen LogP) is 12.9. The van der Waals surface area contributed by atoms with E-state index in [1.165, 1.54) is 74.0 Å². The van der Waals surface area contributed by atoms with E-state index in [2.05, 4.69) is 162 Å². The van der Waals surface area contributed by atoms with E-state index in [4.69, 9.17) is 4.98 Å². The molecule has 0 bridgehead atoms. The van der Waals surface area contributed by atoms with Gasteiger partial charge in [0.05, 0.1) is 16.6 Å². The summed E-state index contributed by atoms with van der Waals surface area (Å²) in [5.74, 6) is 0.967. The molecule has 0 unspecified atom stereocenters. The molecule has 0 spiro atoms. The lowest BCUT2D eigenvalue weighted by Crippen LogP contribution is -1.91. The maximum atomic E-state index is 5.48. The Morgan fingerprint density at radius 3 is 1.83 bits per heavy atom. The molecule has 0 fully saturated rings. The van der Waals surface area contributed by atoms with Gasteiger partial charge in [-0.1, -0.05) is 127 Å². The lowest BCUT2D eigenvalue weighted by Gasteiger charge is -2.07. The zero-order valence-electron chi connectivity index (χ0n) is 25.8. The molecular weight excluding hydrogens is 601 g/mol. The van der Waals surface area contributed by atoms with Crippen LogP contribution >= 0.6 is 11.3 Å². The highest BCUT2D eigenvalue weighted by Gasteiger charge is 2.19. The average Bonchev–Trinajstić information content (AvgIpc) is 3.73. The molecule has 3 heterocycles. The second-order valence-corrected chi connectivity index (χ2v) is 13.7. The first-order valence-electron chi connectivity index (χ1n) is 16.4. The molecule has 0 saturated carbocycles. The highest BCUT2D eigenvalue weighted by atomic mass is 32.1. The van der Waals surface area contributed by atoms with Crippen LogP contribution in [0.15, 0.2) is 158 Å². The van der Waals surface area contributed by atoms with Gasteiger partial charge in [-0.2, -0.15) is 0 Å². The first-order valence-corrected chi connectivity index (χ1v) is 17.2. The molecule has 0 aliphatic rings. The van der Waals surface area contributed by atoms with Crippen molar-refractivity contribution in [1.29, 1.82) is 0 Å². The first kappa shape index (κ1) is 26.1. The summed E-state index contributed by atoms with van der Waals surface area (Å²) in [6, 6.07) is 57.8. The molecule has 8 aromatic carbocycles. The summed E-state index contributed by atoms with van der Waals surface area (Å²) in [6.07, 6.45) is 0. The molecule has 0 radical (unpaired) electrons. The number of aromatic nitrogens is 2.